The van der Waals surface area contributed by atoms with Crippen LogP contribution >= 0.6 is 11.3 Å². The first-order chi connectivity index (χ1) is 8.39. The molecule has 96 valence electrons. The van der Waals surface area contributed by atoms with Crippen LogP contribution in [0.3, 0.4) is 0 Å². The van der Waals surface area contributed by atoms with Crippen LogP contribution in [0, 0.1) is 16.7 Å². The Hall–Kier alpha value is -1.43. The van der Waals surface area contributed by atoms with Crippen molar-refractivity contribution in [1.29, 1.82) is 5.26 Å². The molecule has 2 rings (SSSR count). The van der Waals surface area contributed by atoms with Crippen molar-refractivity contribution < 1.29 is 18.3 Å². The zero-order chi connectivity index (χ0) is 13.4. The van der Waals surface area contributed by atoms with Gasteiger partial charge in [-0.05, 0) is 25.0 Å². The standard InChI is InChI=1S/C10H10N2O4S2/c11-5-7-1-2-8(17-7)18(15,16)12-6-10(3-4-10)9(13)14/h1-2,12H,3-4,6H2,(H,13,14). The summed E-state index contributed by atoms with van der Waals surface area (Å²) in [7, 11) is -3.72. The normalized spacial score (nSPS) is 17.1. The summed E-state index contributed by atoms with van der Waals surface area (Å²) >= 11 is 0.860. The molecule has 1 aromatic heterocycles. The van der Waals surface area contributed by atoms with E-state index in [1.165, 1.54) is 12.1 Å². The SMILES string of the molecule is N#Cc1ccc(S(=O)(=O)NCC2(C(=O)O)CC2)s1. The summed E-state index contributed by atoms with van der Waals surface area (Å²) in [6, 6.07) is 4.61. The number of carboxylic acid groups (broad SMARTS) is 1. The van der Waals surface area contributed by atoms with E-state index in [0.717, 1.165) is 11.3 Å². The zero-order valence-corrected chi connectivity index (χ0v) is 10.8. The Morgan fingerprint density at radius 2 is 2.22 bits per heavy atom. The predicted octanol–water partition coefficient (Wildman–Crippen LogP) is 0.763. The Morgan fingerprint density at radius 1 is 1.56 bits per heavy atom. The second kappa shape index (κ2) is 4.35. The molecule has 1 saturated carbocycles. The van der Waals surface area contributed by atoms with Gasteiger partial charge in [0, 0.05) is 6.54 Å². The van der Waals surface area contributed by atoms with Crippen LogP contribution in [-0.4, -0.2) is 26.0 Å². The molecule has 8 heteroatoms. The van der Waals surface area contributed by atoms with Crippen molar-refractivity contribution in [3.8, 4) is 6.07 Å². The quantitative estimate of drug-likeness (QED) is 0.831. The lowest BCUT2D eigenvalue weighted by Gasteiger charge is -2.10. The maximum atomic E-state index is 11.9. The first kappa shape index (κ1) is 13.0. The second-order valence-corrected chi connectivity index (χ2v) is 7.22. The van der Waals surface area contributed by atoms with Crippen LogP contribution in [0.1, 0.15) is 17.7 Å². The number of sulfonamides is 1. The predicted molar refractivity (Wildman–Crippen MR) is 63.5 cm³/mol. The van der Waals surface area contributed by atoms with E-state index in [-0.39, 0.29) is 10.8 Å². The molecule has 1 fully saturated rings. The highest BCUT2D eigenvalue weighted by Gasteiger charge is 2.50. The number of carbonyl (C=O) groups is 1. The fraction of sp³-hybridized carbons (Fsp3) is 0.400. The molecule has 1 aromatic rings. The Balaban J connectivity index is 2.09. The smallest absolute Gasteiger partial charge is 0.310 e. The van der Waals surface area contributed by atoms with Gasteiger partial charge in [0.2, 0.25) is 10.0 Å². The van der Waals surface area contributed by atoms with Crippen molar-refractivity contribution in [2.24, 2.45) is 5.41 Å². The molecule has 0 aliphatic heterocycles. The first-order valence-corrected chi connectivity index (χ1v) is 7.43. The van der Waals surface area contributed by atoms with E-state index in [1.807, 2.05) is 6.07 Å². The van der Waals surface area contributed by atoms with Crippen molar-refractivity contribution in [3.63, 3.8) is 0 Å². The number of aliphatic carboxylic acids is 1. The van der Waals surface area contributed by atoms with E-state index in [4.69, 9.17) is 10.4 Å². The lowest BCUT2D eigenvalue weighted by molar-refractivity contribution is -0.143. The zero-order valence-electron chi connectivity index (χ0n) is 9.21. The van der Waals surface area contributed by atoms with E-state index in [2.05, 4.69) is 4.72 Å². The highest BCUT2D eigenvalue weighted by molar-refractivity contribution is 7.91. The molecule has 0 amide bonds. The van der Waals surface area contributed by atoms with Crippen molar-refractivity contribution in [2.45, 2.75) is 17.1 Å². The number of carboxylic acids is 1. The molecule has 2 N–H and O–H groups in total. The van der Waals surface area contributed by atoms with Crippen LogP contribution in [0.5, 0.6) is 0 Å². The van der Waals surface area contributed by atoms with E-state index in [1.54, 1.807) is 0 Å². The van der Waals surface area contributed by atoms with Crippen LogP contribution in [0.25, 0.3) is 0 Å². The van der Waals surface area contributed by atoms with Gasteiger partial charge >= 0.3 is 5.97 Å². The summed E-state index contributed by atoms with van der Waals surface area (Å²) in [4.78, 5) is 11.2. The van der Waals surface area contributed by atoms with Crippen LogP contribution in [0.15, 0.2) is 16.3 Å². The molecule has 1 aliphatic rings. The number of nitrogens with zero attached hydrogens (tertiary/aromatic N) is 1. The van der Waals surface area contributed by atoms with Crippen LogP contribution in [0.4, 0.5) is 0 Å². The fourth-order valence-electron chi connectivity index (χ4n) is 1.45. The lowest BCUT2D eigenvalue weighted by atomic mass is 10.1. The molecule has 1 heterocycles. The van der Waals surface area contributed by atoms with E-state index < -0.39 is 21.4 Å². The van der Waals surface area contributed by atoms with Gasteiger partial charge in [0.15, 0.2) is 0 Å². The summed E-state index contributed by atoms with van der Waals surface area (Å²) in [5.41, 5.74) is -0.942. The average Bonchev–Trinajstić information content (AvgIpc) is 2.96. The molecule has 0 unspecified atom stereocenters. The molecule has 18 heavy (non-hydrogen) atoms. The molecule has 1 aliphatic carbocycles. The van der Waals surface area contributed by atoms with Gasteiger partial charge in [0.1, 0.15) is 15.2 Å². The number of nitrogens with one attached hydrogen (secondary N) is 1. The summed E-state index contributed by atoms with van der Waals surface area (Å²) < 4.78 is 26.0. The number of rotatable bonds is 5. The Bertz CT molecular complexity index is 623. The molecule has 0 aromatic carbocycles. The third kappa shape index (κ3) is 2.38. The Morgan fingerprint density at radius 3 is 2.67 bits per heavy atom. The number of hydrogen-bond donors (Lipinski definition) is 2. The largest absolute Gasteiger partial charge is 0.481 e. The lowest BCUT2D eigenvalue weighted by Crippen LogP contribution is -2.33. The minimum absolute atomic E-state index is 0.0280. The van der Waals surface area contributed by atoms with Gasteiger partial charge in [-0.2, -0.15) is 5.26 Å². The van der Waals surface area contributed by atoms with Gasteiger partial charge in [0.05, 0.1) is 5.41 Å². The molecular formula is C10H10N2O4S2. The summed E-state index contributed by atoms with van der Waals surface area (Å²) in [5.74, 6) is -0.978. The summed E-state index contributed by atoms with van der Waals surface area (Å²) in [5, 5.41) is 17.6. The minimum atomic E-state index is -3.72. The maximum absolute atomic E-state index is 11.9. The average molecular weight is 286 g/mol. The fourth-order valence-corrected chi connectivity index (χ4v) is 3.72. The van der Waals surface area contributed by atoms with Crippen molar-refractivity contribution in [3.05, 3.63) is 17.0 Å². The molecular weight excluding hydrogens is 276 g/mol. The van der Waals surface area contributed by atoms with Gasteiger partial charge < -0.3 is 5.11 Å². The van der Waals surface area contributed by atoms with Gasteiger partial charge in [-0.1, -0.05) is 0 Å². The third-order valence-electron chi connectivity index (χ3n) is 2.86. The van der Waals surface area contributed by atoms with E-state index in [0.29, 0.717) is 17.7 Å². The van der Waals surface area contributed by atoms with Crippen molar-refractivity contribution in [1.82, 2.24) is 4.72 Å². The summed E-state index contributed by atoms with van der Waals surface area (Å²) in [6.07, 6.45) is 0.970. The van der Waals surface area contributed by atoms with Crippen LogP contribution in [-0.2, 0) is 14.8 Å². The number of hydrogen-bond acceptors (Lipinski definition) is 5. The topological polar surface area (TPSA) is 107 Å². The number of nitriles is 1. The maximum Gasteiger partial charge on any atom is 0.310 e. The van der Waals surface area contributed by atoms with Gasteiger partial charge in [-0.15, -0.1) is 11.3 Å². The van der Waals surface area contributed by atoms with E-state index in [9.17, 15) is 13.2 Å². The van der Waals surface area contributed by atoms with E-state index >= 15 is 0 Å². The molecule has 0 saturated heterocycles. The monoisotopic (exact) mass is 286 g/mol. The Labute approximate surface area is 108 Å². The molecule has 0 radical (unpaired) electrons. The summed E-state index contributed by atoms with van der Waals surface area (Å²) in [6.45, 7) is -0.107. The first-order valence-electron chi connectivity index (χ1n) is 5.13. The van der Waals surface area contributed by atoms with Crippen LogP contribution < -0.4 is 4.72 Å². The highest BCUT2D eigenvalue weighted by atomic mass is 32.2. The third-order valence-corrected chi connectivity index (χ3v) is 5.75. The molecule has 6 nitrogen and oxygen atoms in total. The van der Waals surface area contributed by atoms with Gasteiger partial charge in [0.25, 0.3) is 0 Å². The van der Waals surface area contributed by atoms with Crippen LogP contribution in [0.2, 0.25) is 0 Å². The van der Waals surface area contributed by atoms with Gasteiger partial charge in [-0.3, -0.25) is 4.79 Å². The molecule has 0 spiro atoms. The minimum Gasteiger partial charge on any atom is -0.481 e. The molecule has 0 atom stereocenters. The molecule has 0 bridgehead atoms. The van der Waals surface area contributed by atoms with Gasteiger partial charge in [-0.25, -0.2) is 13.1 Å². The van der Waals surface area contributed by atoms with Crippen molar-refractivity contribution in [2.75, 3.05) is 6.54 Å². The number of thiophene rings is 1. The van der Waals surface area contributed by atoms with Crippen molar-refractivity contribution >= 4 is 27.3 Å². The highest BCUT2D eigenvalue weighted by Crippen LogP contribution is 2.45. The Kier molecular flexibility index (Phi) is 3.14. The second-order valence-electron chi connectivity index (χ2n) is 4.14.